The Hall–Kier alpha value is -2.15. The quantitative estimate of drug-likeness (QED) is 0.534. The van der Waals surface area contributed by atoms with Crippen molar-refractivity contribution in [3.8, 4) is 11.3 Å². The molecule has 126 valence electrons. The third kappa shape index (κ3) is 2.40. The fourth-order valence-corrected chi connectivity index (χ4v) is 5.45. The molecule has 3 aromatic rings. The van der Waals surface area contributed by atoms with E-state index in [9.17, 15) is 0 Å². The van der Waals surface area contributed by atoms with Crippen LogP contribution in [0, 0.1) is 19.8 Å². The molecule has 1 aromatic heterocycles. The minimum Gasteiger partial charge on any atom is -0.256 e. The third-order valence-electron chi connectivity index (χ3n) is 6.61. The summed E-state index contributed by atoms with van der Waals surface area (Å²) >= 11 is 0. The van der Waals surface area contributed by atoms with E-state index in [0.717, 1.165) is 11.6 Å². The average molecular weight is 327 g/mol. The maximum absolute atomic E-state index is 4.73. The van der Waals surface area contributed by atoms with Gasteiger partial charge in [-0.3, -0.25) is 4.98 Å². The molecule has 2 saturated carbocycles. The number of aryl methyl sites for hydroxylation is 2. The molecule has 0 N–H and O–H groups in total. The minimum atomic E-state index is 0.474. The van der Waals surface area contributed by atoms with E-state index < -0.39 is 0 Å². The summed E-state index contributed by atoms with van der Waals surface area (Å²) in [6.07, 6.45) is 9.02. The number of hydrogen-bond acceptors (Lipinski definition) is 1. The van der Waals surface area contributed by atoms with Crippen molar-refractivity contribution in [2.75, 3.05) is 0 Å². The van der Waals surface area contributed by atoms with Crippen LogP contribution in [0.5, 0.6) is 0 Å². The van der Waals surface area contributed by atoms with Crippen molar-refractivity contribution in [3.63, 3.8) is 0 Å². The molecule has 0 radical (unpaired) electrons. The summed E-state index contributed by atoms with van der Waals surface area (Å²) in [6.45, 7) is 4.32. The van der Waals surface area contributed by atoms with Crippen LogP contribution in [-0.2, 0) is 5.41 Å². The highest BCUT2D eigenvalue weighted by molar-refractivity contribution is 5.95. The summed E-state index contributed by atoms with van der Waals surface area (Å²) in [6, 6.07) is 16.1. The second kappa shape index (κ2) is 5.42. The highest BCUT2D eigenvalue weighted by Crippen LogP contribution is 2.55. The van der Waals surface area contributed by atoms with Gasteiger partial charge in [0, 0.05) is 17.1 Å². The number of fused-ring (bicyclic) bond motifs is 3. The van der Waals surface area contributed by atoms with Gasteiger partial charge in [-0.15, -0.1) is 0 Å². The van der Waals surface area contributed by atoms with Crippen molar-refractivity contribution in [1.29, 1.82) is 0 Å². The molecule has 1 nitrogen and oxygen atoms in total. The van der Waals surface area contributed by atoms with Crippen molar-refractivity contribution < 1.29 is 0 Å². The lowest BCUT2D eigenvalue weighted by Gasteiger charge is -2.27. The Labute approximate surface area is 150 Å². The molecule has 2 aromatic carbocycles. The summed E-state index contributed by atoms with van der Waals surface area (Å²) in [7, 11) is 0. The molecule has 0 aliphatic heterocycles. The van der Waals surface area contributed by atoms with Crippen LogP contribution in [0.3, 0.4) is 0 Å². The second-order valence-electron chi connectivity index (χ2n) is 8.40. The highest BCUT2D eigenvalue weighted by Gasteiger charge is 2.45. The van der Waals surface area contributed by atoms with Gasteiger partial charge >= 0.3 is 0 Å². The number of nitrogens with zero attached hydrogens (tertiary/aromatic N) is 1. The van der Waals surface area contributed by atoms with Gasteiger partial charge < -0.3 is 0 Å². The van der Waals surface area contributed by atoms with E-state index in [-0.39, 0.29) is 0 Å². The topological polar surface area (TPSA) is 12.9 Å². The standard InChI is InChI=1S/C24H25N/c1-16-11-17(2)13-20(12-16)23-22-4-3-21(14-19(22)7-10-25-23)24-8-5-18(15-24)6-9-24/h3-4,7,10-14,18H,5-6,8-9,15H2,1-2H3. The van der Waals surface area contributed by atoms with E-state index in [2.05, 4.69) is 56.3 Å². The van der Waals surface area contributed by atoms with E-state index in [1.54, 1.807) is 5.56 Å². The largest absolute Gasteiger partial charge is 0.256 e. The molecular weight excluding hydrogens is 302 g/mol. The van der Waals surface area contributed by atoms with Crippen LogP contribution in [-0.4, -0.2) is 4.98 Å². The Morgan fingerprint density at radius 1 is 0.920 bits per heavy atom. The van der Waals surface area contributed by atoms with Gasteiger partial charge in [-0.25, -0.2) is 0 Å². The van der Waals surface area contributed by atoms with Crippen LogP contribution < -0.4 is 0 Å². The SMILES string of the molecule is Cc1cc(C)cc(-c2nccc3cc(C45CCC(CC4)C5)ccc23)c1. The molecule has 2 aliphatic rings. The maximum Gasteiger partial charge on any atom is 0.0780 e. The molecule has 0 atom stereocenters. The first-order valence-electron chi connectivity index (χ1n) is 9.61. The van der Waals surface area contributed by atoms with Gasteiger partial charge in [0.05, 0.1) is 5.69 Å². The minimum absolute atomic E-state index is 0.474. The summed E-state index contributed by atoms with van der Waals surface area (Å²) in [5.41, 5.74) is 6.99. The molecule has 0 amide bonds. The zero-order chi connectivity index (χ0) is 17.0. The molecular formula is C24H25N. The summed E-state index contributed by atoms with van der Waals surface area (Å²) in [5, 5.41) is 2.62. The van der Waals surface area contributed by atoms with Crippen molar-refractivity contribution in [1.82, 2.24) is 4.98 Å². The Balaban J connectivity index is 1.65. The first-order valence-corrected chi connectivity index (χ1v) is 9.61. The average Bonchev–Trinajstić information content (AvgIpc) is 3.22. The highest BCUT2D eigenvalue weighted by atomic mass is 14.7. The lowest BCUT2D eigenvalue weighted by Crippen LogP contribution is -2.19. The zero-order valence-electron chi connectivity index (χ0n) is 15.2. The first kappa shape index (κ1) is 15.1. The number of hydrogen-bond donors (Lipinski definition) is 0. The Morgan fingerprint density at radius 3 is 2.36 bits per heavy atom. The van der Waals surface area contributed by atoms with E-state index in [1.807, 2.05) is 6.20 Å². The molecule has 0 unspecified atom stereocenters. The summed E-state index contributed by atoms with van der Waals surface area (Å²) in [5.74, 6) is 0.985. The van der Waals surface area contributed by atoms with E-state index in [0.29, 0.717) is 5.41 Å². The van der Waals surface area contributed by atoms with Gasteiger partial charge in [0.1, 0.15) is 0 Å². The lowest BCUT2D eigenvalue weighted by molar-refractivity contribution is 0.419. The van der Waals surface area contributed by atoms with Crippen LogP contribution in [0.2, 0.25) is 0 Å². The summed E-state index contributed by atoms with van der Waals surface area (Å²) in [4.78, 5) is 4.73. The number of rotatable bonds is 2. The Morgan fingerprint density at radius 2 is 1.68 bits per heavy atom. The van der Waals surface area contributed by atoms with Crippen LogP contribution in [0.15, 0.2) is 48.7 Å². The monoisotopic (exact) mass is 327 g/mol. The molecule has 2 bridgehead atoms. The van der Waals surface area contributed by atoms with Crippen molar-refractivity contribution in [2.45, 2.75) is 51.4 Å². The van der Waals surface area contributed by atoms with Crippen LogP contribution >= 0.6 is 0 Å². The smallest absolute Gasteiger partial charge is 0.0780 e. The molecule has 5 rings (SSSR count). The van der Waals surface area contributed by atoms with Crippen molar-refractivity contribution >= 4 is 10.8 Å². The Bertz CT molecular complexity index is 941. The second-order valence-corrected chi connectivity index (χ2v) is 8.40. The van der Waals surface area contributed by atoms with Crippen LogP contribution in [0.25, 0.3) is 22.0 Å². The first-order chi connectivity index (χ1) is 12.1. The van der Waals surface area contributed by atoms with E-state index in [4.69, 9.17) is 4.98 Å². The van der Waals surface area contributed by atoms with E-state index >= 15 is 0 Å². The number of benzene rings is 2. The van der Waals surface area contributed by atoms with Gasteiger partial charge in [-0.2, -0.15) is 0 Å². The fourth-order valence-electron chi connectivity index (χ4n) is 5.45. The van der Waals surface area contributed by atoms with Crippen molar-refractivity contribution in [3.05, 3.63) is 65.4 Å². The molecule has 0 spiro atoms. The fraction of sp³-hybridized carbons (Fsp3) is 0.375. The summed E-state index contributed by atoms with van der Waals surface area (Å²) < 4.78 is 0. The Kier molecular flexibility index (Phi) is 3.28. The molecule has 0 saturated heterocycles. The lowest BCUT2D eigenvalue weighted by atomic mass is 9.77. The maximum atomic E-state index is 4.73. The molecule has 1 heterocycles. The van der Waals surface area contributed by atoms with Crippen LogP contribution in [0.4, 0.5) is 0 Å². The van der Waals surface area contributed by atoms with E-state index in [1.165, 1.54) is 59.6 Å². The molecule has 1 heteroatoms. The zero-order valence-corrected chi connectivity index (χ0v) is 15.2. The van der Waals surface area contributed by atoms with Crippen LogP contribution in [0.1, 0.15) is 48.8 Å². The van der Waals surface area contributed by atoms with Gasteiger partial charge in [0.25, 0.3) is 0 Å². The van der Waals surface area contributed by atoms with Crippen molar-refractivity contribution in [2.24, 2.45) is 5.92 Å². The molecule has 25 heavy (non-hydrogen) atoms. The third-order valence-corrected chi connectivity index (χ3v) is 6.61. The molecule has 2 aliphatic carbocycles. The predicted molar refractivity (Wildman–Crippen MR) is 105 cm³/mol. The number of pyridine rings is 1. The van der Waals surface area contributed by atoms with Gasteiger partial charge in [-0.05, 0) is 86.4 Å². The van der Waals surface area contributed by atoms with Gasteiger partial charge in [0.2, 0.25) is 0 Å². The number of aromatic nitrogens is 1. The van der Waals surface area contributed by atoms with Gasteiger partial charge in [0.15, 0.2) is 0 Å². The predicted octanol–water partition coefficient (Wildman–Crippen LogP) is 6.35. The molecule has 2 fully saturated rings. The normalized spacial score (nSPS) is 25.0. The van der Waals surface area contributed by atoms with Gasteiger partial charge in [-0.1, -0.05) is 35.4 Å².